The lowest BCUT2D eigenvalue weighted by Crippen LogP contribution is -2.36. The van der Waals surface area contributed by atoms with E-state index < -0.39 is 10.1 Å². The Morgan fingerprint density at radius 2 is 1.94 bits per heavy atom. The standard InChI is InChI=1S/C19H23N3O6S4/c1-12(24)20-6-8-22-17(25)16(31-19(22)29)18-21(7-2-3-9-32(26,27)28)14-10-13(11-23)4-5-15(14)30-18/h4-5,10,23H,2-3,6-9,11H2,1H3,(H,20,24)(H,26,27,28)/b18-16-. The van der Waals surface area contributed by atoms with Gasteiger partial charge in [-0.15, -0.1) is 0 Å². The number of hydrogen-bond donors (Lipinski definition) is 3. The average molecular weight is 518 g/mol. The van der Waals surface area contributed by atoms with Crippen LogP contribution >= 0.6 is 35.7 Å². The van der Waals surface area contributed by atoms with Crippen LogP contribution in [0.4, 0.5) is 5.69 Å². The van der Waals surface area contributed by atoms with Gasteiger partial charge >= 0.3 is 0 Å². The third-order valence-electron chi connectivity index (χ3n) is 4.74. The van der Waals surface area contributed by atoms with E-state index in [0.717, 1.165) is 16.1 Å². The van der Waals surface area contributed by atoms with Gasteiger partial charge in [0.1, 0.15) is 14.3 Å². The first-order valence-corrected chi connectivity index (χ1v) is 13.4. The average Bonchev–Trinajstić information content (AvgIpc) is 3.21. The molecule has 3 rings (SSSR count). The number of benzene rings is 1. The van der Waals surface area contributed by atoms with Gasteiger partial charge in [-0.2, -0.15) is 8.42 Å². The third kappa shape index (κ3) is 6.02. The second kappa shape index (κ2) is 10.5. The highest BCUT2D eigenvalue weighted by atomic mass is 32.2. The highest BCUT2D eigenvalue weighted by molar-refractivity contribution is 8.27. The summed E-state index contributed by atoms with van der Waals surface area (Å²) in [6, 6.07) is 5.53. The second-order valence-corrected chi connectivity index (χ2v) is 11.4. The van der Waals surface area contributed by atoms with E-state index in [0.29, 0.717) is 27.2 Å². The number of anilines is 1. The number of hydrogen-bond acceptors (Lipinski definition) is 9. The lowest BCUT2D eigenvalue weighted by Gasteiger charge is -2.22. The normalized spacial score (nSPS) is 18.5. The molecular weight excluding hydrogens is 494 g/mol. The molecular formula is C19H23N3O6S4. The van der Waals surface area contributed by atoms with Crippen LogP contribution in [0.3, 0.4) is 0 Å². The molecule has 2 amide bonds. The van der Waals surface area contributed by atoms with Crippen LogP contribution in [0.15, 0.2) is 33.0 Å². The quantitative estimate of drug-likeness (QED) is 0.193. The predicted molar refractivity (Wildman–Crippen MR) is 129 cm³/mol. The molecule has 3 N–H and O–H groups in total. The fourth-order valence-corrected chi connectivity index (χ4v) is 6.43. The highest BCUT2D eigenvalue weighted by Gasteiger charge is 2.38. The number of carbonyl (C=O) groups is 2. The van der Waals surface area contributed by atoms with E-state index in [2.05, 4.69) is 5.32 Å². The van der Waals surface area contributed by atoms with E-state index in [9.17, 15) is 23.1 Å². The van der Waals surface area contributed by atoms with Crippen LogP contribution in [-0.4, -0.2) is 64.5 Å². The number of amides is 2. The van der Waals surface area contributed by atoms with Gasteiger partial charge in [-0.05, 0) is 30.5 Å². The predicted octanol–water partition coefficient (Wildman–Crippen LogP) is 1.92. The number of thioether (sulfide) groups is 2. The molecule has 0 saturated carbocycles. The lowest BCUT2D eigenvalue weighted by molar-refractivity contribution is -0.123. The minimum absolute atomic E-state index is 0.130. The zero-order valence-electron chi connectivity index (χ0n) is 17.2. The number of rotatable bonds is 9. The minimum atomic E-state index is -4.04. The number of unbranched alkanes of at least 4 members (excludes halogenated alkanes) is 1. The van der Waals surface area contributed by atoms with E-state index in [1.165, 1.54) is 35.3 Å². The molecule has 13 heteroatoms. The van der Waals surface area contributed by atoms with Gasteiger partial charge in [-0.1, -0.05) is 41.8 Å². The largest absolute Gasteiger partial charge is 0.392 e. The number of fused-ring (bicyclic) bond motifs is 1. The van der Waals surface area contributed by atoms with Crippen molar-refractivity contribution in [1.29, 1.82) is 0 Å². The van der Waals surface area contributed by atoms with Crippen molar-refractivity contribution >= 4 is 67.7 Å². The molecule has 9 nitrogen and oxygen atoms in total. The van der Waals surface area contributed by atoms with E-state index in [4.69, 9.17) is 16.8 Å². The summed E-state index contributed by atoms with van der Waals surface area (Å²) in [6.07, 6.45) is 0.732. The van der Waals surface area contributed by atoms with Gasteiger partial charge in [-0.3, -0.25) is 19.0 Å². The van der Waals surface area contributed by atoms with Crippen molar-refractivity contribution < 1.29 is 27.7 Å². The van der Waals surface area contributed by atoms with E-state index in [-0.39, 0.29) is 43.7 Å². The first kappa shape index (κ1) is 25.0. The first-order chi connectivity index (χ1) is 15.1. The van der Waals surface area contributed by atoms with Crippen LogP contribution in [0.5, 0.6) is 0 Å². The Hall–Kier alpha value is -1.64. The number of nitrogens with one attached hydrogen (secondary N) is 1. The Kier molecular flexibility index (Phi) is 8.22. The van der Waals surface area contributed by atoms with Crippen molar-refractivity contribution in [3.05, 3.63) is 33.7 Å². The molecule has 1 aromatic rings. The van der Waals surface area contributed by atoms with Crippen LogP contribution in [0.2, 0.25) is 0 Å². The van der Waals surface area contributed by atoms with Crippen LogP contribution in [-0.2, 0) is 26.3 Å². The molecule has 1 aromatic carbocycles. The molecule has 2 aliphatic heterocycles. The molecule has 0 atom stereocenters. The summed E-state index contributed by atoms with van der Waals surface area (Å²) in [5, 5.41) is 12.9. The fourth-order valence-electron chi connectivity index (χ4n) is 3.24. The zero-order chi connectivity index (χ0) is 23.5. The van der Waals surface area contributed by atoms with Gasteiger partial charge in [0.25, 0.3) is 16.0 Å². The van der Waals surface area contributed by atoms with E-state index in [1.54, 1.807) is 0 Å². The maximum Gasteiger partial charge on any atom is 0.268 e. The number of aliphatic hydroxyl groups is 1. The molecule has 0 unspecified atom stereocenters. The molecule has 2 heterocycles. The molecule has 0 spiro atoms. The van der Waals surface area contributed by atoms with Crippen molar-refractivity contribution in [3.8, 4) is 0 Å². The number of thiocarbonyl (C=S) groups is 1. The van der Waals surface area contributed by atoms with Crippen molar-refractivity contribution in [2.75, 3.05) is 30.3 Å². The number of carbonyl (C=O) groups excluding carboxylic acids is 2. The number of nitrogens with zero attached hydrogens (tertiary/aromatic N) is 2. The van der Waals surface area contributed by atoms with Crippen LogP contribution in [0.1, 0.15) is 25.3 Å². The Labute approximate surface area is 200 Å². The van der Waals surface area contributed by atoms with Gasteiger partial charge in [0.2, 0.25) is 5.91 Å². The first-order valence-electron chi connectivity index (χ1n) is 9.77. The molecule has 0 bridgehead atoms. The Balaban J connectivity index is 1.85. The van der Waals surface area contributed by atoms with Crippen molar-refractivity contribution in [2.45, 2.75) is 31.3 Å². The summed E-state index contributed by atoms with van der Waals surface area (Å²) in [4.78, 5) is 29.0. The summed E-state index contributed by atoms with van der Waals surface area (Å²) >= 11 is 8.00. The molecule has 32 heavy (non-hydrogen) atoms. The summed E-state index contributed by atoms with van der Waals surface area (Å²) in [6.45, 7) is 2.25. The molecule has 1 fully saturated rings. The summed E-state index contributed by atoms with van der Waals surface area (Å²) < 4.78 is 31.5. The molecule has 0 aromatic heterocycles. The third-order valence-corrected chi connectivity index (χ3v) is 8.29. The maximum absolute atomic E-state index is 13.1. The summed E-state index contributed by atoms with van der Waals surface area (Å²) in [5.41, 5.74) is 1.54. The minimum Gasteiger partial charge on any atom is -0.392 e. The van der Waals surface area contributed by atoms with Gasteiger partial charge in [0.05, 0.1) is 18.0 Å². The van der Waals surface area contributed by atoms with Crippen LogP contribution in [0.25, 0.3) is 0 Å². The Morgan fingerprint density at radius 3 is 2.59 bits per heavy atom. The topological polar surface area (TPSA) is 127 Å². The second-order valence-electron chi connectivity index (χ2n) is 7.15. The van der Waals surface area contributed by atoms with Crippen molar-refractivity contribution in [3.63, 3.8) is 0 Å². The smallest absolute Gasteiger partial charge is 0.268 e. The van der Waals surface area contributed by atoms with Crippen molar-refractivity contribution in [2.24, 2.45) is 0 Å². The van der Waals surface area contributed by atoms with Gasteiger partial charge in [0, 0.05) is 31.5 Å². The Morgan fingerprint density at radius 1 is 1.19 bits per heavy atom. The molecule has 174 valence electrons. The monoisotopic (exact) mass is 517 g/mol. The van der Waals surface area contributed by atoms with Gasteiger partial charge in [0.15, 0.2) is 0 Å². The maximum atomic E-state index is 13.1. The Bertz CT molecular complexity index is 1070. The van der Waals surface area contributed by atoms with Crippen LogP contribution in [0, 0.1) is 0 Å². The summed E-state index contributed by atoms with van der Waals surface area (Å²) in [7, 11) is -4.04. The van der Waals surface area contributed by atoms with Gasteiger partial charge in [-0.25, -0.2) is 0 Å². The molecule has 2 aliphatic rings. The molecule has 0 aliphatic carbocycles. The van der Waals surface area contributed by atoms with E-state index in [1.807, 2.05) is 23.1 Å². The van der Waals surface area contributed by atoms with Crippen LogP contribution < -0.4 is 10.2 Å². The summed E-state index contributed by atoms with van der Waals surface area (Å²) in [5.74, 6) is -0.768. The molecule has 0 radical (unpaired) electrons. The van der Waals surface area contributed by atoms with E-state index >= 15 is 0 Å². The van der Waals surface area contributed by atoms with Gasteiger partial charge < -0.3 is 15.3 Å². The zero-order valence-corrected chi connectivity index (χ0v) is 20.5. The fraction of sp³-hybridized carbons (Fsp3) is 0.421. The van der Waals surface area contributed by atoms with Crippen molar-refractivity contribution in [1.82, 2.24) is 10.2 Å². The SMILES string of the molecule is CC(=O)NCCN1C(=O)/C(=C2/Sc3ccc(CO)cc3N2CCCCS(=O)(=O)O)SC1=S. The number of aliphatic hydroxyl groups excluding tert-OH is 1. The highest BCUT2D eigenvalue weighted by Crippen LogP contribution is 2.51. The molecule has 1 saturated heterocycles. The lowest BCUT2D eigenvalue weighted by atomic mass is 10.2.